The number of methoxy groups -OCH3 is 1. The van der Waals surface area contributed by atoms with Crippen LogP contribution in [0.2, 0.25) is 0 Å². The average molecular weight is 590 g/mol. The van der Waals surface area contributed by atoms with E-state index < -0.39 is 61.4 Å². The van der Waals surface area contributed by atoms with E-state index in [0.29, 0.717) is 11.4 Å². The minimum atomic E-state index is -1.55. The molecule has 0 radical (unpaired) electrons. The number of imide groups is 1. The van der Waals surface area contributed by atoms with Crippen LogP contribution in [0.1, 0.15) is 12.8 Å². The number of carbonyl (C=O) groups is 6. The summed E-state index contributed by atoms with van der Waals surface area (Å²) in [5.41, 5.74) is 5.46. The molecule has 6 N–H and O–H groups in total. The van der Waals surface area contributed by atoms with Gasteiger partial charge in [0.25, 0.3) is 0 Å². The van der Waals surface area contributed by atoms with Crippen molar-refractivity contribution in [1.82, 2.24) is 20.9 Å². The van der Waals surface area contributed by atoms with E-state index in [1.165, 1.54) is 12.0 Å². The van der Waals surface area contributed by atoms with Gasteiger partial charge in [0.1, 0.15) is 18.5 Å². The molecule has 0 aliphatic carbocycles. The third-order valence-corrected chi connectivity index (χ3v) is 5.29. The number of halogens is 1. The summed E-state index contributed by atoms with van der Waals surface area (Å²) in [6.07, 6.45) is -2.14. The molecule has 1 aromatic carbocycles. The highest BCUT2D eigenvalue weighted by Crippen LogP contribution is 2.32. The first-order valence-electron chi connectivity index (χ1n) is 9.81. The molecule has 1 saturated heterocycles. The Morgan fingerprint density at radius 1 is 1.24 bits per heavy atom. The van der Waals surface area contributed by atoms with Gasteiger partial charge >= 0.3 is 12.1 Å². The fourth-order valence-corrected chi connectivity index (χ4v) is 3.50. The van der Waals surface area contributed by atoms with E-state index in [-0.39, 0.29) is 13.0 Å². The van der Waals surface area contributed by atoms with Crippen molar-refractivity contribution < 1.29 is 38.6 Å². The van der Waals surface area contributed by atoms with Gasteiger partial charge in [-0.3, -0.25) is 24.1 Å². The summed E-state index contributed by atoms with van der Waals surface area (Å²) >= 11 is 2.08. The van der Waals surface area contributed by atoms with Gasteiger partial charge in [-0.25, -0.2) is 14.5 Å². The molecule has 2 rings (SSSR count). The summed E-state index contributed by atoms with van der Waals surface area (Å²) in [5.74, 6) is -2.68. The van der Waals surface area contributed by atoms with Crippen molar-refractivity contribution in [1.29, 1.82) is 0 Å². The number of amides is 7. The first-order chi connectivity index (χ1) is 16.0. The average Bonchev–Trinajstić information content (AvgIpc) is 2.76. The number of carboxylic acid groups (broad SMARTS) is 1. The van der Waals surface area contributed by atoms with Gasteiger partial charge in [0.2, 0.25) is 23.6 Å². The number of nitrogens with zero attached hydrogens (tertiary/aromatic N) is 2. The smallest absolute Gasteiger partial charge is 0.405 e. The lowest BCUT2D eigenvalue weighted by atomic mass is 10.2. The Morgan fingerprint density at radius 3 is 2.56 bits per heavy atom. The summed E-state index contributed by atoms with van der Waals surface area (Å²) in [5, 5.41) is 15.1. The fraction of sp³-hybridized carbons (Fsp3) is 0.368. The van der Waals surface area contributed by atoms with Crippen molar-refractivity contribution in [3.63, 3.8) is 0 Å². The van der Waals surface area contributed by atoms with E-state index in [1.54, 1.807) is 18.2 Å². The van der Waals surface area contributed by atoms with Crippen LogP contribution in [0.5, 0.6) is 5.75 Å². The normalized spacial score (nSPS) is 14.3. The number of carbonyl (C=O) groups excluding carboxylic acids is 5. The minimum absolute atomic E-state index is 0.0165. The summed E-state index contributed by atoms with van der Waals surface area (Å²) in [6, 6.07) is 3.08. The second kappa shape index (κ2) is 12.0. The van der Waals surface area contributed by atoms with E-state index in [9.17, 15) is 28.8 Å². The zero-order valence-electron chi connectivity index (χ0n) is 18.0. The fourth-order valence-electron chi connectivity index (χ4n) is 3.02. The first kappa shape index (κ1) is 26.6. The highest BCUT2D eigenvalue weighted by Gasteiger charge is 2.34. The zero-order valence-corrected chi connectivity index (χ0v) is 20.2. The van der Waals surface area contributed by atoms with Gasteiger partial charge in [-0.05, 0) is 40.8 Å². The van der Waals surface area contributed by atoms with Crippen LogP contribution in [-0.2, 0) is 19.2 Å². The SMILES string of the molecule is COc1ccc(I)cc1N1CCC(=O)N(CNC(=O)CNC(=O)[C@H](CC(N)=O)NC(=O)O)C1=O. The van der Waals surface area contributed by atoms with Crippen molar-refractivity contribution in [3.8, 4) is 5.75 Å². The predicted molar refractivity (Wildman–Crippen MR) is 125 cm³/mol. The second-order valence-electron chi connectivity index (χ2n) is 6.97. The van der Waals surface area contributed by atoms with Crippen LogP contribution in [0.4, 0.5) is 15.3 Å². The first-order valence-corrected chi connectivity index (χ1v) is 10.9. The Balaban J connectivity index is 1.97. The number of anilines is 1. The quantitative estimate of drug-likeness (QED) is 0.217. The molecule has 1 atom stereocenters. The Kier molecular flexibility index (Phi) is 9.40. The van der Waals surface area contributed by atoms with Gasteiger partial charge < -0.3 is 31.5 Å². The van der Waals surface area contributed by atoms with Gasteiger partial charge in [-0.2, -0.15) is 0 Å². The number of nitrogens with two attached hydrogens (primary N) is 1. The molecule has 0 bridgehead atoms. The number of benzene rings is 1. The van der Waals surface area contributed by atoms with Crippen LogP contribution in [-0.4, -0.2) is 78.7 Å². The highest BCUT2D eigenvalue weighted by molar-refractivity contribution is 14.1. The molecule has 1 heterocycles. The lowest BCUT2D eigenvalue weighted by molar-refractivity contribution is -0.131. The van der Waals surface area contributed by atoms with Crippen LogP contribution in [0, 0.1) is 3.57 Å². The van der Waals surface area contributed by atoms with Crippen molar-refractivity contribution in [2.45, 2.75) is 18.9 Å². The van der Waals surface area contributed by atoms with E-state index in [0.717, 1.165) is 8.47 Å². The lowest BCUT2D eigenvalue weighted by Gasteiger charge is -2.34. The molecular formula is C19H23IN6O8. The van der Waals surface area contributed by atoms with Crippen LogP contribution < -0.4 is 31.3 Å². The Morgan fingerprint density at radius 2 is 1.94 bits per heavy atom. The van der Waals surface area contributed by atoms with E-state index in [4.69, 9.17) is 15.6 Å². The topological polar surface area (TPSA) is 200 Å². The molecule has 15 heteroatoms. The lowest BCUT2D eigenvalue weighted by Crippen LogP contribution is -2.56. The Hall–Kier alpha value is -3.63. The summed E-state index contributed by atoms with van der Waals surface area (Å²) in [4.78, 5) is 73.4. The van der Waals surface area contributed by atoms with Crippen molar-refractivity contribution in [2.24, 2.45) is 5.73 Å². The maximum absolute atomic E-state index is 12.9. The highest BCUT2D eigenvalue weighted by atomic mass is 127. The zero-order chi connectivity index (χ0) is 25.4. The Labute approximate surface area is 207 Å². The maximum atomic E-state index is 12.9. The number of urea groups is 1. The summed E-state index contributed by atoms with van der Waals surface area (Å²) in [6.45, 7) is -0.917. The van der Waals surface area contributed by atoms with E-state index >= 15 is 0 Å². The molecule has 14 nitrogen and oxygen atoms in total. The van der Waals surface area contributed by atoms with Crippen LogP contribution in [0.3, 0.4) is 0 Å². The number of nitrogens with one attached hydrogen (secondary N) is 3. The van der Waals surface area contributed by atoms with E-state index in [1.807, 2.05) is 5.32 Å². The molecule has 0 aromatic heterocycles. The third kappa shape index (κ3) is 7.19. The van der Waals surface area contributed by atoms with Crippen molar-refractivity contribution >= 4 is 64.0 Å². The van der Waals surface area contributed by atoms with Crippen molar-refractivity contribution in [2.75, 3.05) is 31.8 Å². The van der Waals surface area contributed by atoms with Crippen LogP contribution in [0.25, 0.3) is 0 Å². The second-order valence-corrected chi connectivity index (χ2v) is 8.22. The number of primary amides is 1. The third-order valence-electron chi connectivity index (χ3n) is 4.62. The number of rotatable bonds is 10. The maximum Gasteiger partial charge on any atom is 0.405 e. The van der Waals surface area contributed by atoms with Crippen LogP contribution in [0.15, 0.2) is 18.2 Å². The van der Waals surface area contributed by atoms with Crippen LogP contribution >= 0.6 is 22.6 Å². The molecule has 1 aliphatic rings. The van der Waals surface area contributed by atoms with Gasteiger partial charge in [0, 0.05) is 16.5 Å². The minimum Gasteiger partial charge on any atom is -0.495 e. The molecule has 1 fully saturated rings. The number of hydrogen-bond acceptors (Lipinski definition) is 7. The molecule has 0 spiro atoms. The number of hydrogen-bond donors (Lipinski definition) is 5. The number of ether oxygens (including phenoxy) is 1. The summed E-state index contributed by atoms with van der Waals surface area (Å²) < 4.78 is 6.15. The predicted octanol–water partition coefficient (Wildman–Crippen LogP) is -0.840. The van der Waals surface area contributed by atoms with Gasteiger partial charge in [0.15, 0.2) is 0 Å². The molecular weight excluding hydrogens is 567 g/mol. The molecule has 1 aromatic rings. The monoisotopic (exact) mass is 590 g/mol. The van der Waals surface area contributed by atoms with E-state index in [2.05, 4.69) is 33.2 Å². The van der Waals surface area contributed by atoms with Gasteiger partial charge in [-0.15, -0.1) is 0 Å². The van der Waals surface area contributed by atoms with Crippen molar-refractivity contribution in [3.05, 3.63) is 21.8 Å². The largest absolute Gasteiger partial charge is 0.495 e. The molecule has 0 unspecified atom stereocenters. The molecule has 1 aliphatic heterocycles. The Bertz CT molecular complexity index is 987. The molecule has 0 saturated carbocycles. The van der Waals surface area contributed by atoms with Gasteiger partial charge in [0.05, 0.1) is 25.8 Å². The molecule has 34 heavy (non-hydrogen) atoms. The summed E-state index contributed by atoms with van der Waals surface area (Å²) in [7, 11) is 1.46. The molecule has 7 amide bonds. The van der Waals surface area contributed by atoms with Gasteiger partial charge in [-0.1, -0.05) is 0 Å². The standard InChI is InChI=1S/C19H23IN6O8/c1-34-13-3-2-10(20)6-12(13)25-5-4-16(29)26(19(25)33)9-23-15(28)8-22-17(30)11(7-14(21)27)24-18(31)32/h2-3,6,11,24H,4-5,7-9H2,1H3,(H2,21,27)(H,22,30)(H,23,28)(H,31,32)/t11-/m0/s1. The molecule has 184 valence electrons.